The molecule has 27 heavy (non-hydrogen) atoms. The van der Waals surface area contributed by atoms with Crippen molar-refractivity contribution in [1.29, 1.82) is 5.26 Å². The van der Waals surface area contributed by atoms with Crippen LogP contribution in [0.3, 0.4) is 0 Å². The second-order valence-electron chi connectivity index (χ2n) is 7.25. The maximum absolute atomic E-state index is 12.4. The molecule has 3 heterocycles. The molecule has 0 bridgehead atoms. The molecule has 3 rings (SSSR count). The molecule has 8 heteroatoms. The van der Waals surface area contributed by atoms with Crippen LogP contribution >= 0.6 is 0 Å². The monoisotopic (exact) mass is 369 g/mol. The third kappa shape index (κ3) is 3.38. The average molecular weight is 369 g/mol. The molecule has 1 aliphatic heterocycles. The SMILES string of the molecule is COC1(C)CCN(c2c(C#N)c(=O)[nH]c3cnc(C(=O)N(C)C)cc23)CC1. The van der Waals surface area contributed by atoms with Crippen LogP contribution < -0.4 is 10.5 Å². The van der Waals surface area contributed by atoms with Gasteiger partial charge in [-0.25, -0.2) is 4.98 Å². The molecule has 142 valence electrons. The number of carbonyl (C=O) groups is 1. The zero-order chi connectivity index (χ0) is 19.8. The quantitative estimate of drug-likeness (QED) is 0.880. The van der Waals surface area contributed by atoms with Crippen LogP contribution in [0.1, 0.15) is 35.8 Å². The summed E-state index contributed by atoms with van der Waals surface area (Å²) in [5.74, 6) is -0.238. The molecular formula is C19H23N5O3. The van der Waals surface area contributed by atoms with E-state index in [0.717, 1.165) is 12.8 Å². The van der Waals surface area contributed by atoms with E-state index in [4.69, 9.17) is 4.74 Å². The normalized spacial score (nSPS) is 16.2. The summed E-state index contributed by atoms with van der Waals surface area (Å²) in [6.45, 7) is 3.36. The Hall–Kier alpha value is -2.92. The minimum atomic E-state index is -0.450. The fourth-order valence-corrected chi connectivity index (χ4v) is 3.36. The Balaban J connectivity index is 2.17. The molecule has 0 aromatic carbocycles. The molecule has 0 atom stereocenters. The van der Waals surface area contributed by atoms with Gasteiger partial charge >= 0.3 is 0 Å². The molecule has 1 aliphatic rings. The van der Waals surface area contributed by atoms with Crippen LogP contribution in [0.15, 0.2) is 17.1 Å². The highest BCUT2D eigenvalue weighted by Crippen LogP contribution is 2.33. The molecule has 0 spiro atoms. The number of H-pyrrole nitrogens is 1. The number of aromatic amines is 1. The number of ether oxygens (including phenoxy) is 1. The van der Waals surface area contributed by atoms with Crippen molar-refractivity contribution in [3.8, 4) is 6.07 Å². The van der Waals surface area contributed by atoms with Gasteiger partial charge in [0.2, 0.25) is 0 Å². The van der Waals surface area contributed by atoms with Crippen molar-refractivity contribution in [2.45, 2.75) is 25.4 Å². The molecule has 2 aromatic rings. The molecule has 0 unspecified atom stereocenters. The van der Waals surface area contributed by atoms with Crippen molar-refractivity contribution in [2.75, 3.05) is 39.2 Å². The van der Waals surface area contributed by atoms with Gasteiger partial charge in [0, 0.05) is 39.7 Å². The fourth-order valence-electron chi connectivity index (χ4n) is 3.36. The van der Waals surface area contributed by atoms with Crippen molar-refractivity contribution in [3.63, 3.8) is 0 Å². The first kappa shape index (κ1) is 18.9. The van der Waals surface area contributed by atoms with Crippen molar-refractivity contribution in [2.24, 2.45) is 0 Å². The Morgan fingerprint density at radius 2 is 2.07 bits per heavy atom. The number of pyridine rings is 2. The van der Waals surface area contributed by atoms with E-state index >= 15 is 0 Å². The number of amides is 1. The summed E-state index contributed by atoms with van der Waals surface area (Å²) in [7, 11) is 5.00. The lowest BCUT2D eigenvalue weighted by atomic mass is 9.92. The van der Waals surface area contributed by atoms with Crippen LogP contribution in [0.4, 0.5) is 5.69 Å². The Labute approximate surface area is 157 Å². The molecule has 0 aliphatic carbocycles. The van der Waals surface area contributed by atoms with Gasteiger partial charge in [0.15, 0.2) is 0 Å². The predicted octanol–water partition coefficient (Wildman–Crippen LogP) is 1.50. The minimum absolute atomic E-state index is 0.0537. The smallest absolute Gasteiger partial charge is 0.271 e. The number of rotatable bonds is 3. The highest BCUT2D eigenvalue weighted by molar-refractivity contribution is 6.00. The van der Waals surface area contributed by atoms with Gasteiger partial charge in [0.25, 0.3) is 11.5 Å². The number of nitriles is 1. The summed E-state index contributed by atoms with van der Waals surface area (Å²) >= 11 is 0. The maximum atomic E-state index is 12.4. The number of anilines is 1. The second-order valence-corrected chi connectivity index (χ2v) is 7.25. The summed E-state index contributed by atoms with van der Waals surface area (Å²) in [6.07, 6.45) is 3.02. The Bertz CT molecular complexity index is 981. The van der Waals surface area contributed by atoms with Crippen LogP contribution in [0.2, 0.25) is 0 Å². The zero-order valence-electron chi connectivity index (χ0n) is 16.0. The molecular weight excluding hydrogens is 346 g/mol. The molecule has 0 radical (unpaired) electrons. The molecule has 8 nitrogen and oxygen atoms in total. The van der Waals surface area contributed by atoms with Crippen molar-refractivity contribution in [3.05, 3.63) is 33.9 Å². The number of fused-ring (bicyclic) bond motifs is 1. The van der Waals surface area contributed by atoms with Crippen LogP contribution in [0.25, 0.3) is 10.9 Å². The topological polar surface area (TPSA) is 102 Å². The number of piperidine rings is 1. The maximum Gasteiger partial charge on any atom is 0.271 e. The number of aromatic nitrogens is 2. The molecule has 1 fully saturated rings. The largest absolute Gasteiger partial charge is 0.378 e. The third-order valence-corrected chi connectivity index (χ3v) is 5.24. The van der Waals surface area contributed by atoms with Gasteiger partial charge in [-0.05, 0) is 25.8 Å². The standard InChI is InChI=1S/C19H23N5O3/c1-19(27-4)5-7-24(8-6-19)16-12-9-14(18(26)23(2)3)21-11-15(12)22-17(25)13(16)10-20/h9,11H,5-8H2,1-4H3,(H,22,25). The second kappa shape index (κ2) is 7.00. The first-order valence-electron chi connectivity index (χ1n) is 8.77. The number of hydrogen-bond donors (Lipinski definition) is 1. The van der Waals surface area contributed by atoms with E-state index in [1.165, 1.54) is 11.1 Å². The molecule has 2 aromatic heterocycles. The lowest BCUT2D eigenvalue weighted by molar-refractivity contribution is -0.0132. The van der Waals surface area contributed by atoms with Crippen LogP contribution in [-0.4, -0.2) is 60.7 Å². The molecule has 1 saturated heterocycles. The summed E-state index contributed by atoms with van der Waals surface area (Å²) < 4.78 is 5.59. The highest BCUT2D eigenvalue weighted by atomic mass is 16.5. The van der Waals surface area contributed by atoms with Gasteiger partial charge in [-0.1, -0.05) is 0 Å². The van der Waals surface area contributed by atoms with E-state index < -0.39 is 5.56 Å². The summed E-state index contributed by atoms with van der Waals surface area (Å²) in [4.78, 5) is 35.1. The lowest BCUT2D eigenvalue weighted by Crippen LogP contribution is -2.44. The lowest BCUT2D eigenvalue weighted by Gasteiger charge is -2.40. The van der Waals surface area contributed by atoms with Gasteiger partial charge in [-0.15, -0.1) is 0 Å². The highest BCUT2D eigenvalue weighted by Gasteiger charge is 2.32. The summed E-state index contributed by atoms with van der Waals surface area (Å²) in [6, 6.07) is 3.67. The first-order valence-corrected chi connectivity index (χ1v) is 8.77. The van der Waals surface area contributed by atoms with E-state index in [1.54, 1.807) is 27.3 Å². The molecule has 1 N–H and O–H groups in total. The third-order valence-electron chi connectivity index (χ3n) is 5.24. The summed E-state index contributed by atoms with van der Waals surface area (Å²) in [5.41, 5.74) is 0.720. The van der Waals surface area contributed by atoms with Crippen LogP contribution in [-0.2, 0) is 4.74 Å². The number of methoxy groups -OCH3 is 1. The van der Waals surface area contributed by atoms with E-state index in [-0.39, 0.29) is 22.8 Å². The van der Waals surface area contributed by atoms with E-state index in [2.05, 4.69) is 16.9 Å². The van der Waals surface area contributed by atoms with Crippen LogP contribution in [0, 0.1) is 11.3 Å². The van der Waals surface area contributed by atoms with Crippen molar-refractivity contribution in [1.82, 2.24) is 14.9 Å². The fraction of sp³-hybridized carbons (Fsp3) is 0.474. The van der Waals surface area contributed by atoms with E-state index in [0.29, 0.717) is 29.7 Å². The van der Waals surface area contributed by atoms with E-state index in [9.17, 15) is 14.9 Å². The minimum Gasteiger partial charge on any atom is -0.378 e. The van der Waals surface area contributed by atoms with Gasteiger partial charge < -0.3 is 19.5 Å². The number of carbonyl (C=O) groups excluding carboxylic acids is 1. The molecule has 1 amide bonds. The first-order chi connectivity index (χ1) is 12.8. The summed E-state index contributed by atoms with van der Waals surface area (Å²) in [5, 5.41) is 10.2. The average Bonchev–Trinajstić information content (AvgIpc) is 2.66. The number of nitrogens with zero attached hydrogens (tertiary/aromatic N) is 4. The van der Waals surface area contributed by atoms with Crippen LogP contribution in [0.5, 0.6) is 0 Å². The predicted molar refractivity (Wildman–Crippen MR) is 102 cm³/mol. The zero-order valence-corrected chi connectivity index (χ0v) is 16.0. The van der Waals surface area contributed by atoms with Gasteiger partial charge in [-0.2, -0.15) is 5.26 Å². The molecule has 0 saturated carbocycles. The van der Waals surface area contributed by atoms with E-state index in [1.807, 2.05) is 11.0 Å². The van der Waals surface area contributed by atoms with Crippen molar-refractivity contribution < 1.29 is 9.53 Å². The van der Waals surface area contributed by atoms with Gasteiger partial charge in [0.1, 0.15) is 17.3 Å². The van der Waals surface area contributed by atoms with Gasteiger partial charge in [-0.3, -0.25) is 9.59 Å². The van der Waals surface area contributed by atoms with Crippen molar-refractivity contribution >= 4 is 22.5 Å². The Morgan fingerprint density at radius 3 is 2.63 bits per heavy atom. The van der Waals surface area contributed by atoms with Gasteiger partial charge in [0.05, 0.1) is 23.0 Å². The Kier molecular flexibility index (Phi) is 4.89. The number of nitrogens with one attached hydrogen (secondary N) is 1. The Morgan fingerprint density at radius 1 is 1.41 bits per heavy atom. The number of hydrogen-bond acceptors (Lipinski definition) is 6.